The molecule has 1 aromatic rings. The first-order valence-electron chi connectivity index (χ1n) is 4.07. The van der Waals surface area contributed by atoms with Crippen LogP contribution in [0.3, 0.4) is 0 Å². The molecule has 2 heterocycles. The van der Waals surface area contributed by atoms with Crippen molar-refractivity contribution >= 4 is 16.5 Å². The van der Waals surface area contributed by atoms with E-state index in [2.05, 4.69) is 15.3 Å². The van der Waals surface area contributed by atoms with Gasteiger partial charge in [0.1, 0.15) is 0 Å². The van der Waals surface area contributed by atoms with Gasteiger partial charge in [0.15, 0.2) is 5.13 Å². The molecule has 0 unspecified atom stereocenters. The second kappa shape index (κ2) is 3.03. The number of hydrogen-bond acceptors (Lipinski definition) is 4. The molecule has 1 N–H and O–H groups in total. The zero-order chi connectivity index (χ0) is 8.55. The van der Waals surface area contributed by atoms with Gasteiger partial charge in [-0.3, -0.25) is 0 Å². The van der Waals surface area contributed by atoms with Crippen LogP contribution < -0.4 is 4.90 Å². The molecule has 1 fully saturated rings. The number of aromatic nitrogens is 1. The summed E-state index contributed by atoms with van der Waals surface area (Å²) in [5.74, 6) is 0.467. The van der Waals surface area contributed by atoms with Gasteiger partial charge in [-0.2, -0.15) is 0 Å². The molecule has 1 aliphatic heterocycles. The molecule has 1 saturated heterocycles. The fourth-order valence-electron chi connectivity index (χ4n) is 1.33. The first-order chi connectivity index (χ1) is 5.79. The number of nitrogens with zero attached hydrogens (tertiary/aromatic N) is 2. The minimum atomic E-state index is 0.306. The summed E-state index contributed by atoms with van der Waals surface area (Å²) in [5.41, 5.74) is 1.09. The molecule has 12 heavy (non-hydrogen) atoms. The molecular formula is C8H12N2OS. The van der Waals surface area contributed by atoms with Crippen molar-refractivity contribution in [2.45, 2.75) is 6.92 Å². The summed E-state index contributed by atoms with van der Waals surface area (Å²) in [7, 11) is 0. The van der Waals surface area contributed by atoms with E-state index < -0.39 is 0 Å². The normalized spacial score (nSPS) is 18.0. The lowest BCUT2D eigenvalue weighted by molar-refractivity contribution is 0.200. The van der Waals surface area contributed by atoms with E-state index in [0.717, 1.165) is 23.9 Å². The number of aliphatic hydroxyl groups excluding tert-OH is 1. The van der Waals surface area contributed by atoms with E-state index >= 15 is 0 Å². The van der Waals surface area contributed by atoms with E-state index in [1.165, 1.54) is 0 Å². The van der Waals surface area contributed by atoms with Crippen LogP contribution in [0.2, 0.25) is 0 Å². The number of aliphatic hydroxyl groups is 1. The Morgan fingerprint density at radius 1 is 1.75 bits per heavy atom. The Bertz CT molecular complexity index is 268. The summed E-state index contributed by atoms with van der Waals surface area (Å²) in [4.78, 5) is 6.57. The summed E-state index contributed by atoms with van der Waals surface area (Å²) in [6.45, 7) is 4.23. The lowest BCUT2D eigenvalue weighted by atomic mass is 10.0. The Morgan fingerprint density at radius 3 is 3.00 bits per heavy atom. The molecule has 0 radical (unpaired) electrons. The van der Waals surface area contributed by atoms with Crippen molar-refractivity contribution in [1.82, 2.24) is 4.98 Å². The maximum absolute atomic E-state index is 8.81. The van der Waals surface area contributed by atoms with Gasteiger partial charge < -0.3 is 10.0 Å². The van der Waals surface area contributed by atoms with E-state index in [0.29, 0.717) is 12.5 Å². The van der Waals surface area contributed by atoms with Crippen LogP contribution in [0.15, 0.2) is 5.38 Å². The molecule has 0 aliphatic carbocycles. The molecule has 0 atom stereocenters. The van der Waals surface area contributed by atoms with E-state index in [-0.39, 0.29) is 0 Å². The molecule has 4 heteroatoms. The van der Waals surface area contributed by atoms with E-state index in [1.54, 1.807) is 11.3 Å². The molecule has 3 nitrogen and oxygen atoms in total. The number of rotatable bonds is 2. The van der Waals surface area contributed by atoms with Gasteiger partial charge in [-0.15, -0.1) is 11.3 Å². The van der Waals surface area contributed by atoms with Crippen molar-refractivity contribution in [2.75, 3.05) is 24.6 Å². The highest BCUT2D eigenvalue weighted by Crippen LogP contribution is 2.27. The van der Waals surface area contributed by atoms with Crippen molar-refractivity contribution in [3.63, 3.8) is 0 Å². The Balaban J connectivity index is 1.96. The quantitative estimate of drug-likeness (QED) is 0.741. The average Bonchev–Trinajstić information content (AvgIpc) is 2.34. The molecule has 0 saturated carbocycles. The first kappa shape index (κ1) is 8.01. The zero-order valence-corrected chi connectivity index (χ0v) is 7.84. The summed E-state index contributed by atoms with van der Waals surface area (Å²) in [5, 5.41) is 12.0. The molecule has 1 aliphatic rings. The molecule has 0 amide bonds. The predicted molar refractivity (Wildman–Crippen MR) is 49.6 cm³/mol. The molecular weight excluding hydrogens is 172 g/mol. The highest BCUT2D eigenvalue weighted by atomic mass is 32.1. The summed E-state index contributed by atoms with van der Waals surface area (Å²) in [6, 6.07) is 0. The third-order valence-electron chi connectivity index (χ3n) is 2.09. The third kappa shape index (κ3) is 1.32. The van der Waals surface area contributed by atoms with E-state index in [4.69, 9.17) is 5.11 Å². The monoisotopic (exact) mass is 184 g/mol. The number of anilines is 1. The van der Waals surface area contributed by atoms with Gasteiger partial charge in [0.25, 0.3) is 0 Å². The number of hydrogen-bond donors (Lipinski definition) is 1. The largest absolute Gasteiger partial charge is 0.396 e. The van der Waals surface area contributed by atoms with Crippen LogP contribution in [0.5, 0.6) is 0 Å². The van der Waals surface area contributed by atoms with Crippen molar-refractivity contribution in [3.05, 3.63) is 11.1 Å². The van der Waals surface area contributed by atoms with Crippen LogP contribution in [0.25, 0.3) is 0 Å². The molecule has 0 spiro atoms. The van der Waals surface area contributed by atoms with Gasteiger partial charge in [0.2, 0.25) is 0 Å². The van der Waals surface area contributed by atoms with Crippen LogP contribution in [0.4, 0.5) is 5.13 Å². The Hall–Kier alpha value is -0.610. The van der Waals surface area contributed by atoms with Gasteiger partial charge in [-0.1, -0.05) is 0 Å². The van der Waals surface area contributed by atoms with Gasteiger partial charge >= 0.3 is 0 Å². The highest BCUT2D eigenvalue weighted by Gasteiger charge is 2.27. The van der Waals surface area contributed by atoms with Crippen LogP contribution in [-0.2, 0) is 0 Å². The fourth-order valence-corrected chi connectivity index (χ4v) is 2.15. The van der Waals surface area contributed by atoms with Crippen LogP contribution in [-0.4, -0.2) is 29.8 Å². The van der Waals surface area contributed by atoms with Crippen LogP contribution in [0.1, 0.15) is 5.69 Å². The average molecular weight is 184 g/mol. The zero-order valence-electron chi connectivity index (χ0n) is 7.03. The standard InChI is InChI=1S/C8H12N2OS/c1-6-5-12-8(9-6)10-2-7(3-10)4-11/h5,7,11H,2-4H2,1H3. The van der Waals surface area contributed by atoms with Crippen LogP contribution in [0, 0.1) is 12.8 Å². The van der Waals surface area contributed by atoms with Gasteiger partial charge in [0.05, 0.1) is 5.69 Å². The molecule has 2 rings (SSSR count). The summed E-state index contributed by atoms with van der Waals surface area (Å²) < 4.78 is 0. The Labute approximate surface area is 75.7 Å². The number of thiazole rings is 1. The van der Waals surface area contributed by atoms with Crippen LogP contribution >= 0.6 is 11.3 Å². The van der Waals surface area contributed by atoms with E-state index in [9.17, 15) is 0 Å². The van der Waals surface area contributed by atoms with E-state index in [1.807, 2.05) is 6.92 Å². The molecule has 0 bridgehead atoms. The Kier molecular flexibility index (Phi) is 2.02. The minimum absolute atomic E-state index is 0.306. The molecule has 66 valence electrons. The maximum Gasteiger partial charge on any atom is 0.185 e. The maximum atomic E-state index is 8.81. The Morgan fingerprint density at radius 2 is 2.50 bits per heavy atom. The summed E-state index contributed by atoms with van der Waals surface area (Å²) >= 11 is 1.68. The van der Waals surface area contributed by atoms with Crippen molar-refractivity contribution in [3.8, 4) is 0 Å². The fraction of sp³-hybridized carbons (Fsp3) is 0.625. The van der Waals surface area contributed by atoms with Gasteiger partial charge in [-0.05, 0) is 6.92 Å². The SMILES string of the molecule is Cc1csc(N2CC(CO)C2)n1. The highest BCUT2D eigenvalue weighted by molar-refractivity contribution is 7.13. The second-order valence-electron chi connectivity index (χ2n) is 3.23. The summed E-state index contributed by atoms with van der Waals surface area (Å²) in [6.07, 6.45) is 0. The van der Waals surface area contributed by atoms with Crippen molar-refractivity contribution in [1.29, 1.82) is 0 Å². The molecule has 0 aromatic carbocycles. The van der Waals surface area contributed by atoms with Gasteiger partial charge in [0, 0.05) is 31.0 Å². The lowest BCUT2D eigenvalue weighted by Gasteiger charge is -2.37. The smallest absolute Gasteiger partial charge is 0.185 e. The van der Waals surface area contributed by atoms with Crippen molar-refractivity contribution < 1.29 is 5.11 Å². The second-order valence-corrected chi connectivity index (χ2v) is 4.06. The van der Waals surface area contributed by atoms with Crippen molar-refractivity contribution in [2.24, 2.45) is 5.92 Å². The lowest BCUT2D eigenvalue weighted by Crippen LogP contribution is -2.48. The third-order valence-corrected chi connectivity index (χ3v) is 3.11. The molecule has 1 aromatic heterocycles. The first-order valence-corrected chi connectivity index (χ1v) is 4.95. The minimum Gasteiger partial charge on any atom is -0.396 e. The number of aryl methyl sites for hydroxylation is 1. The van der Waals surface area contributed by atoms with Gasteiger partial charge in [-0.25, -0.2) is 4.98 Å². The topological polar surface area (TPSA) is 36.4 Å². The predicted octanol–water partition coefficient (Wildman–Crippen LogP) is 0.880.